The van der Waals surface area contributed by atoms with Crippen molar-refractivity contribution < 1.29 is 8.42 Å². The lowest BCUT2D eigenvalue weighted by molar-refractivity contribution is 0.560. The first-order valence-corrected chi connectivity index (χ1v) is 7.89. The SMILES string of the molecule is Cc1cc(Br)c2c(c1)S(=O)(=O)C(CC#N)C(C)N2. The average molecular weight is 329 g/mol. The number of benzene rings is 1. The van der Waals surface area contributed by atoms with E-state index in [0.29, 0.717) is 5.69 Å². The number of nitriles is 1. The Morgan fingerprint density at radius 3 is 2.78 bits per heavy atom. The van der Waals surface area contributed by atoms with Crippen molar-refractivity contribution >= 4 is 31.5 Å². The minimum absolute atomic E-state index is 0.00149. The Morgan fingerprint density at radius 2 is 2.17 bits per heavy atom. The fourth-order valence-corrected chi connectivity index (χ4v) is 5.05. The fourth-order valence-electron chi connectivity index (χ4n) is 2.20. The first-order valence-electron chi connectivity index (χ1n) is 5.55. The van der Waals surface area contributed by atoms with Gasteiger partial charge in [0.05, 0.1) is 28.3 Å². The number of nitrogens with one attached hydrogen (secondary N) is 1. The standard InChI is InChI=1S/C12H13BrN2O2S/c1-7-5-9(13)12-11(6-7)18(16,17)10(3-4-14)8(2)15-12/h5-6,8,10,15H,3H2,1-2H3. The molecule has 4 nitrogen and oxygen atoms in total. The largest absolute Gasteiger partial charge is 0.379 e. The molecule has 1 aliphatic heterocycles. The molecule has 0 saturated heterocycles. The zero-order chi connectivity index (χ0) is 13.5. The predicted molar refractivity (Wildman–Crippen MR) is 73.2 cm³/mol. The second-order valence-corrected chi connectivity index (χ2v) is 7.49. The van der Waals surface area contributed by atoms with Gasteiger partial charge < -0.3 is 5.32 Å². The molecule has 2 rings (SSSR count). The Kier molecular flexibility index (Phi) is 3.39. The van der Waals surface area contributed by atoms with E-state index in [1.807, 2.05) is 19.1 Å². The molecular formula is C12H13BrN2O2S. The maximum absolute atomic E-state index is 12.5. The average Bonchev–Trinajstić information content (AvgIpc) is 2.26. The molecule has 0 aliphatic carbocycles. The summed E-state index contributed by atoms with van der Waals surface area (Å²) in [5, 5.41) is 11.3. The molecule has 6 heteroatoms. The summed E-state index contributed by atoms with van der Waals surface area (Å²) in [6, 6.07) is 5.20. The monoisotopic (exact) mass is 328 g/mol. The smallest absolute Gasteiger partial charge is 0.186 e. The molecule has 1 aromatic carbocycles. The van der Waals surface area contributed by atoms with Gasteiger partial charge in [-0.25, -0.2) is 8.42 Å². The molecule has 0 saturated carbocycles. The normalized spacial score (nSPS) is 24.8. The summed E-state index contributed by atoms with van der Waals surface area (Å²) in [6.07, 6.45) is 0.00149. The second-order valence-electron chi connectivity index (χ2n) is 4.50. The van der Waals surface area contributed by atoms with E-state index in [-0.39, 0.29) is 17.4 Å². The van der Waals surface area contributed by atoms with E-state index in [0.717, 1.165) is 10.0 Å². The molecule has 2 atom stereocenters. The van der Waals surface area contributed by atoms with Gasteiger partial charge in [0.15, 0.2) is 9.84 Å². The molecule has 0 fully saturated rings. The maximum Gasteiger partial charge on any atom is 0.186 e. The Hall–Kier alpha value is -1.06. The Morgan fingerprint density at radius 1 is 1.50 bits per heavy atom. The zero-order valence-corrected chi connectivity index (χ0v) is 12.5. The third-order valence-electron chi connectivity index (χ3n) is 3.13. The highest BCUT2D eigenvalue weighted by Gasteiger charge is 2.39. The summed E-state index contributed by atoms with van der Waals surface area (Å²) >= 11 is 3.38. The number of halogens is 1. The highest BCUT2D eigenvalue weighted by atomic mass is 79.9. The van der Waals surface area contributed by atoms with E-state index in [1.165, 1.54) is 0 Å². The van der Waals surface area contributed by atoms with Crippen LogP contribution in [0.2, 0.25) is 0 Å². The number of hydrogen-bond acceptors (Lipinski definition) is 4. The van der Waals surface area contributed by atoms with Crippen molar-refractivity contribution in [2.24, 2.45) is 0 Å². The molecule has 1 aromatic rings. The molecular weight excluding hydrogens is 316 g/mol. The summed E-state index contributed by atoms with van der Waals surface area (Å²) in [4.78, 5) is 0.285. The van der Waals surface area contributed by atoms with Crippen molar-refractivity contribution in [3.8, 4) is 6.07 Å². The molecule has 0 bridgehead atoms. The third-order valence-corrected chi connectivity index (χ3v) is 6.06. The molecule has 0 amide bonds. The Balaban J connectivity index is 2.67. The van der Waals surface area contributed by atoms with Crippen LogP contribution in [-0.2, 0) is 9.84 Å². The first kappa shape index (κ1) is 13.4. The van der Waals surface area contributed by atoms with E-state index < -0.39 is 15.1 Å². The lowest BCUT2D eigenvalue weighted by Gasteiger charge is -2.31. The van der Waals surface area contributed by atoms with E-state index in [9.17, 15) is 8.42 Å². The van der Waals surface area contributed by atoms with Gasteiger partial charge in [0, 0.05) is 10.5 Å². The predicted octanol–water partition coefficient (Wildman–Crippen LogP) is 2.63. The van der Waals surface area contributed by atoms with Crippen molar-refractivity contribution in [1.82, 2.24) is 0 Å². The van der Waals surface area contributed by atoms with E-state index in [1.54, 1.807) is 13.0 Å². The number of sulfone groups is 1. The van der Waals surface area contributed by atoms with Gasteiger partial charge in [-0.1, -0.05) is 0 Å². The summed E-state index contributed by atoms with van der Waals surface area (Å²) in [6.45, 7) is 3.63. The van der Waals surface area contributed by atoms with E-state index in [2.05, 4.69) is 21.2 Å². The Labute approximate surface area is 115 Å². The third kappa shape index (κ3) is 2.02. The molecule has 0 spiro atoms. The van der Waals surface area contributed by atoms with E-state index in [4.69, 9.17) is 5.26 Å². The number of nitrogens with zero attached hydrogens (tertiary/aromatic N) is 1. The van der Waals surface area contributed by atoms with Gasteiger partial charge in [-0.05, 0) is 47.5 Å². The summed E-state index contributed by atoms with van der Waals surface area (Å²) in [5.41, 5.74) is 1.47. The maximum atomic E-state index is 12.5. The fraction of sp³-hybridized carbons (Fsp3) is 0.417. The quantitative estimate of drug-likeness (QED) is 0.860. The van der Waals surface area contributed by atoms with Crippen LogP contribution in [0.5, 0.6) is 0 Å². The number of anilines is 1. The van der Waals surface area contributed by atoms with Crippen molar-refractivity contribution in [1.29, 1.82) is 5.26 Å². The van der Waals surface area contributed by atoms with Gasteiger partial charge in [0.2, 0.25) is 0 Å². The summed E-state index contributed by atoms with van der Waals surface area (Å²) < 4.78 is 25.7. The molecule has 0 aromatic heterocycles. The molecule has 1 heterocycles. The summed E-state index contributed by atoms with van der Waals surface area (Å²) in [7, 11) is -3.45. The van der Waals surface area contributed by atoms with Gasteiger partial charge in [0.1, 0.15) is 0 Å². The van der Waals surface area contributed by atoms with Crippen molar-refractivity contribution in [3.63, 3.8) is 0 Å². The Bertz CT molecular complexity index is 634. The van der Waals surface area contributed by atoms with Crippen LogP contribution in [0.15, 0.2) is 21.5 Å². The van der Waals surface area contributed by atoms with Gasteiger partial charge in [-0.15, -0.1) is 0 Å². The first-order chi connectivity index (χ1) is 8.37. The van der Waals surface area contributed by atoms with Crippen LogP contribution in [0.3, 0.4) is 0 Å². The molecule has 18 heavy (non-hydrogen) atoms. The van der Waals surface area contributed by atoms with Gasteiger partial charge >= 0.3 is 0 Å². The van der Waals surface area contributed by atoms with E-state index >= 15 is 0 Å². The van der Waals surface area contributed by atoms with Crippen molar-refractivity contribution in [2.45, 2.75) is 36.5 Å². The zero-order valence-electron chi connectivity index (χ0n) is 10.1. The van der Waals surface area contributed by atoms with Crippen LogP contribution in [0, 0.1) is 18.3 Å². The number of fused-ring (bicyclic) bond motifs is 1. The van der Waals surface area contributed by atoms with Crippen molar-refractivity contribution in [2.75, 3.05) is 5.32 Å². The van der Waals surface area contributed by atoms with Gasteiger partial charge in [0.25, 0.3) is 0 Å². The number of hydrogen-bond donors (Lipinski definition) is 1. The minimum Gasteiger partial charge on any atom is -0.379 e. The van der Waals surface area contributed by atoms with Gasteiger partial charge in [-0.3, -0.25) is 0 Å². The molecule has 1 N–H and O–H groups in total. The lowest BCUT2D eigenvalue weighted by Crippen LogP contribution is -2.41. The topological polar surface area (TPSA) is 70.0 Å². The second kappa shape index (κ2) is 4.56. The highest BCUT2D eigenvalue weighted by molar-refractivity contribution is 9.10. The van der Waals surface area contributed by atoms with Crippen LogP contribution in [0.1, 0.15) is 18.9 Å². The van der Waals surface area contributed by atoms with Crippen LogP contribution >= 0.6 is 15.9 Å². The van der Waals surface area contributed by atoms with Crippen LogP contribution in [0.4, 0.5) is 5.69 Å². The lowest BCUT2D eigenvalue weighted by atomic mass is 10.1. The molecule has 0 radical (unpaired) electrons. The van der Waals surface area contributed by atoms with Crippen molar-refractivity contribution in [3.05, 3.63) is 22.2 Å². The molecule has 2 unspecified atom stereocenters. The number of rotatable bonds is 1. The van der Waals surface area contributed by atoms with Crippen LogP contribution < -0.4 is 5.32 Å². The van der Waals surface area contributed by atoms with Crippen LogP contribution in [-0.4, -0.2) is 19.7 Å². The molecule has 96 valence electrons. The minimum atomic E-state index is -3.45. The highest BCUT2D eigenvalue weighted by Crippen LogP contribution is 2.39. The summed E-state index contributed by atoms with van der Waals surface area (Å²) in [5.74, 6) is 0. The number of aryl methyl sites for hydroxylation is 1. The molecule has 1 aliphatic rings. The van der Waals surface area contributed by atoms with Crippen LogP contribution in [0.25, 0.3) is 0 Å². The van der Waals surface area contributed by atoms with Gasteiger partial charge in [-0.2, -0.15) is 5.26 Å².